The first-order valence-electron chi connectivity index (χ1n) is 10.8. The Bertz CT molecular complexity index is 1120. The predicted octanol–water partition coefficient (Wildman–Crippen LogP) is 3.79. The molecule has 2 heterocycles. The number of rotatable bonds is 6. The molecule has 33 heavy (non-hydrogen) atoms. The number of methoxy groups -OCH3 is 2. The fraction of sp³-hybridized carbons (Fsp3) is 0.280. The largest absolute Gasteiger partial charge is 0.497 e. The minimum absolute atomic E-state index is 0.0463. The summed E-state index contributed by atoms with van der Waals surface area (Å²) in [6.07, 6.45) is 3.25. The molecule has 1 fully saturated rings. The first kappa shape index (κ1) is 22.3. The van der Waals surface area contributed by atoms with Crippen molar-refractivity contribution in [1.29, 1.82) is 0 Å². The van der Waals surface area contributed by atoms with Crippen molar-refractivity contribution in [2.24, 2.45) is 5.92 Å². The summed E-state index contributed by atoms with van der Waals surface area (Å²) in [6, 6.07) is 16.4. The number of ether oxygens (including phenoxy) is 2. The first-order valence-corrected chi connectivity index (χ1v) is 10.8. The van der Waals surface area contributed by atoms with Gasteiger partial charge in [0, 0.05) is 30.4 Å². The number of aromatic nitrogens is 2. The van der Waals surface area contributed by atoms with Crippen LogP contribution >= 0.6 is 0 Å². The van der Waals surface area contributed by atoms with Gasteiger partial charge in [-0.3, -0.25) is 4.79 Å². The van der Waals surface area contributed by atoms with Gasteiger partial charge in [0.25, 0.3) is 0 Å². The highest BCUT2D eigenvalue weighted by Gasteiger charge is 2.27. The van der Waals surface area contributed by atoms with Crippen LogP contribution in [0.2, 0.25) is 0 Å². The molecule has 1 aliphatic rings. The molecule has 170 valence electrons. The molecule has 1 N–H and O–H groups in total. The summed E-state index contributed by atoms with van der Waals surface area (Å²) >= 11 is 0. The van der Waals surface area contributed by atoms with Gasteiger partial charge in [0.05, 0.1) is 31.4 Å². The molecule has 0 saturated carbocycles. The normalized spacial score (nSPS) is 15.6. The van der Waals surface area contributed by atoms with E-state index in [4.69, 9.17) is 9.47 Å². The van der Waals surface area contributed by atoms with Gasteiger partial charge >= 0.3 is 5.97 Å². The van der Waals surface area contributed by atoms with Gasteiger partial charge in [-0.25, -0.2) is 14.8 Å². The van der Waals surface area contributed by atoms with Crippen LogP contribution in [0.5, 0.6) is 5.75 Å². The van der Waals surface area contributed by atoms with E-state index >= 15 is 0 Å². The Morgan fingerprint density at radius 1 is 1.03 bits per heavy atom. The number of benzene rings is 2. The topological polar surface area (TPSA) is 93.7 Å². The fourth-order valence-corrected chi connectivity index (χ4v) is 3.89. The number of piperidine rings is 1. The standard InChI is InChI=1S/C25H26N4O4/c1-32-21-11-7-17(8-12-21)22-14-23(27-16-26-22)29-13-3-4-19(15-29)24(30)28-20-9-5-18(6-10-20)25(31)33-2/h5-12,14,16,19H,3-4,13,15H2,1-2H3,(H,28,30). The zero-order valence-corrected chi connectivity index (χ0v) is 18.7. The van der Waals surface area contributed by atoms with Crippen LogP contribution in [0.25, 0.3) is 11.3 Å². The maximum Gasteiger partial charge on any atom is 0.337 e. The van der Waals surface area contributed by atoms with E-state index < -0.39 is 5.97 Å². The zero-order chi connectivity index (χ0) is 23.2. The van der Waals surface area contributed by atoms with E-state index in [-0.39, 0.29) is 11.8 Å². The van der Waals surface area contributed by atoms with Crippen molar-refractivity contribution in [3.63, 3.8) is 0 Å². The number of anilines is 2. The average Bonchev–Trinajstić information content (AvgIpc) is 2.89. The van der Waals surface area contributed by atoms with Crippen LogP contribution in [0.1, 0.15) is 23.2 Å². The van der Waals surface area contributed by atoms with Gasteiger partial charge in [0.1, 0.15) is 17.9 Å². The Balaban J connectivity index is 1.42. The average molecular weight is 447 g/mol. The molecule has 0 aliphatic carbocycles. The SMILES string of the molecule is COC(=O)c1ccc(NC(=O)C2CCCN(c3cc(-c4ccc(OC)cc4)ncn3)C2)cc1. The number of hydrogen-bond donors (Lipinski definition) is 1. The second-order valence-corrected chi connectivity index (χ2v) is 7.83. The monoisotopic (exact) mass is 446 g/mol. The van der Waals surface area contributed by atoms with Crippen LogP contribution in [0.4, 0.5) is 11.5 Å². The molecule has 8 nitrogen and oxygen atoms in total. The number of amides is 1. The predicted molar refractivity (Wildman–Crippen MR) is 125 cm³/mol. The minimum atomic E-state index is -0.408. The molecule has 0 bridgehead atoms. The smallest absolute Gasteiger partial charge is 0.337 e. The Kier molecular flexibility index (Phi) is 6.83. The highest BCUT2D eigenvalue weighted by atomic mass is 16.5. The summed E-state index contributed by atoms with van der Waals surface area (Å²) in [5, 5.41) is 2.95. The lowest BCUT2D eigenvalue weighted by Gasteiger charge is -2.33. The molecule has 0 spiro atoms. The van der Waals surface area contributed by atoms with Crippen molar-refractivity contribution in [3.8, 4) is 17.0 Å². The molecule has 1 unspecified atom stereocenters. The number of carbonyl (C=O) groups is 2. The maximum absolute atomic E-state index is 12.9. The van der Waals surface area contributed by atoms with Gasteiger partial charge in [-0.15, -0.1) is 0 Å². The number of esters is 1. The Hall–Kier alpha value is -3.94. The summed E-state index contributed by atoms with van der Waals surface area (Å²) in [6.45, 7) is 1.40. The Morgan fingerprint density at radius 2 is 1.79 bits per heavy atom. The van der Waals surface area contributed by atoms with Crippen LogP contribution in [0.3, 0.4) is 0 Å². The molecule has 1 atom stereocenters. The van der Waals surface area contributed by atoms with E-state index in [1.165, 1.54) is 7.11 Å². The number of hydrogen-bond acceptors (Lipinski definition) is 7. The third-order valence-corrected chi connectivity index (χ3v) is 5.73. The Morgan fingerprint density at radius 3 is 2.48 bits per heavy atom. The molecule has 4 rings (SSSR count). The Labute approximate surface area is 192 Å². The van der Waals surface area contributed by atoms with Crippen LogP contribution in [0.15, 0.2) is 60.9 Å². The molecule has 1 amide bonds. The number of nitrogens with one attached hydrogen (secondary N) is 1. The second-order valence-electron chi connectivity index (χ2n) is 7.83. The molecular formula is C25H26N4O4. The van der Waals surface area contributed by atoms with E-state index in [0.717, 1.165) is 42.2 Å². The summed E-state index contributed by atoms with van der Waals surface area (Å²) in [4.78, 5) is 35.5. The molecule has 1 aromatic heterocycles. The van der Waals surface area contributed by atoms with Gasteiger partial charge < -0.3 is 19.7 Å². The van der Waals surface area contributed by atoms with Gasteiger partial charge in [-0.1, -0.05) is 0 Å². The maximum atomic E-state index is 12.9. The van der Waals surface area contributed by atoms with E-state index in [0.29, 0.717) is 17.8 Å². The molecule has 0 radical (unpaired) electrons. The van der Waals surface area contributed by atoms with Gasteiger partial charge in [-0.2, -0.15) is 0 Å². The van der Waals surface area contributed by atoms with E-state index in [9.17, 15) is 9.59 Å². The van der Waals surface area contributed by atoms with Crippen LogP contribution in [0, 0.1) is 5.92 Å². The quantitative estimate of drug-likeness (QED) is 0.576. The lowest BCUT2D eigenvalue weighted by molar-refractivity contribution is -0.120. The molecule has 1 saturated heterocycles. The van der Waals surface area contributed by atoms with Crippen molar-refractivity contribution >= 4 is 23.4 Å². The lowest BCUT2D eigenvalue weighted by atomic mass is 9.97. The highest BCUT2D eigenvalue weighted by molar-refractivity contribution is 5.94. The molecule has 3 aromatic rings. The molecule has 1 aliphatic heterocycles. The summed E-state index contributed by atoms with van der Waals surface area (Å²) in [5.74, 6) is 0.969. The van der Waals surface area contributed by atoms with Gasteiger partial charge in [-0.05, 0) is 61.4 Å². The van der Waals surface area contributed by atoms with Crippen molar-refractivity contribution in [1.82, 2.24) is 9.97 Å². The van der Waals surface area contributed by atoms with Crippen molar-refractivity contribution in [2.75, 3.05) is 37.5 Å². The fourth-order valence-electron chi connectivity index (χ4n) is 3.89. The van der Waals surface area contributed by atoms with Crippen LogP contribution in [-0.4, -0.2) is 49.2 Å². The third kappa shape index (κ3) is 5.28. The molecule has 2 aromatic carbocycles. The third-order valence-electron chi connectivity index (χ3n) is 5.73. The van der Waals surface area contributed by atoms with Crippen molar-refractivity contribution in [2.45, 2.75) is 12.8 Å². The lowest BCUT2D eigenvalue weighted by Crippen LogP contribution is -2.41. The number of carbonyl (C=O) groups excluding carboxylic acids is 2. The first-order chi connectivity index (χ1) is 16.1. The highest BCUT2D eigenvalue weighted by Crippen LogP contribution is 2.27. The van der Waals surface area contributed by atoms with Crippen molar-refractivity contribution < 1.29 is 19.1 Å². The van der Waals surface area contributed by atoms with E-state index in [2.05, 4.69) is 20.2 Å². The van der Waals surface area contributed by atoms with E-state index in [1.807, 2.05) is 30.3 Å². The summed E-state index contributed by atoms with van der Waals surface area (Å²) < 4.78 is 9.93. The second kappa shape index (κ2) is 10.1. The zero-order valence-electron chi connectivity index (χ0n) is 18.7. The molecular weight excluding hydrogens is 420 g/mol. The summed E-state index contributed by atoms with van der Waals surface area (Å²) in [5.41, 5.74) is 2.88. The number of nitrogens with zero attached hydrogens (tertiary/aromatic N) is 3. The minimum Gasteiger partial charge on any atom is -0.497 e. The van der Waals surface area contributed by atoms with Gasteiger partial charge in [0.2, 0.25) is 5.91 Å². The van der Waals surface area contributed by atoms with E-state index in [1.54, 1.807) is 37.7 Å². The van der Waals surface area contributed by atoms with Crippen LogP contribution < -0.4 is 15.0 Å². The summed E-state index contributed by atoms with van der Waals surface area (Å²) in [7, 11) is 2.97. The molecule has 8 heteroatoms. The van der Waals surface area contributed by atoms with Crippen LogP contribution in [-0.2, 0) is 9.53 Å². The van der Waals surface area contributed by atoms with Gasteiger partial charge in [0.15, 0.2) is 0 Å². The van der Waals surface area contributed by atoms with Crippen molar-refractivity contribution in [3.05, 3.63) is 66.5 Å².